The summed E-state index contributed by atoms with van der Waals surface area (Å²) in [7, 11) is 0. The fraction of sp³-hybridized carbons (Fsp3) is 0.429. The van der Waals surface area contributed by atoms with Gasteiger partial charge in [0.15, 0.2) is 0 Å². The van der Waals surface area contributed by atoms with Crippen LogP contribution < -0.4 is 15.0 Å². The summed E-state index contributed by atoms with van der Waals surface area (Å²) in [6.07, 6.45) is 15.2. The van der Waals surface area contributed by atoms with Crippen molar-refractivity contribution in [1.29, 1.82) is 5.26 Å². The molecule has 0 aromatic carbocycles. The number of ether oxygens (including phenoxy) is 1. The van der Waals surface area contributed by atoms with Crippen LogP contribution in [-0.2, 0) is 4.79 Å². The number of terminal acetylenes is 1. The largest absolute Gasteiger partial charge is 0.492 e. The van der Waals surface area contributed by atoms with Gasteiger partial charge in [-0.3, -0.25) is 4.79 Å². The van der Waals surface area contributed by atoms with E-state index in [2.05, 4.69) is 27.3 Å². The fourth-order valence-corrected chi connectivity index (χ4v) is 4.98. The van der Waals surface area contributed by atoms with Crippen molar-refractivity contribution in [2.24, 2.45) is 11.3 Å². The molecule has 36 heavy (non-hydrogen) atoms. The third kappa shape index (κ3) is 4.72. The highest BCUT2D eigenvalue weighted by molar-refractivity contribution is 5.85. The number of pyridine rings is 2. The maximum Gasteiger partial charge on any atom is 0.223 e. The number of amides is 1. The van der Waals surface area contributed by atoms with E-state index in [1.165, 1.54) is 0 Å². The summed E-state index contributed by atoms with van der Waals surface area (Å²) in [5.74, 6) is 4.49. The highest BCUT2D eigenvalue weighted by atomic mass is 16.5. The van der Waals surface area contributed by atoms with Gasteiger partial charge in [0.2, 0.25) is 5.91 Å². The first kappa shape index (κ1) is 23.7. The summed E-state index contributed by atoms with van der Waals surface area (Å²) in [4.78, 5) is 19.6. The van der Waals surface area contributed by atoms with Gasteiger partial charge in [-0.1, -0.05) is 0 Å². The lowest BCUT2D eigenvalue weighted by atomic mass is 9.95. The molecule has 5 rings (SSSR count). The number of nitrogens with one attached hydrogen (secondary N) is 1. The minimum absolute atomic E-state index is 0.0306. The van der Waals surface area contributed by atoms with Gasteiger partial charge >= 0.3 is 0 Å². The standard InChI is InChI=1S/C28H30N6O2/c1-3-9-28(10-11-28)19-31-27(35)20-7-12-33(13-8-20)25-6-5-21(16-30-25)24-14-23(36-4-2)18-34-26(24)22(15-29)17-32-34/h1,5-6,14,16-18,20H,4,7-13,19H2,2H3,(H,31,35). The Morgan fingerprint density at radius 1 is 1.31 bits per heavy atom. The number of hydrogen-bond acceptors (Lipinski definition) is 6. The van der Waals surface area contributed by atoms with Crippen LogP contribution in [0.1, 0.15) is 44.6 Å². The molecule has 184 valence electrons. The third-order valence-electron chi connectivity index (χ3n) is 7.34. The molecule has 1 aliphatic heterocycles. The molecule has 0 bridgehead atoms. The average molecular weight is 483 g/mol. The van der Waals surface area contributed by atoms with Crippen molar-refractivity contribution in [3.05, 3.63) is 42.4 Å². The number of fused-ring (bicyclic) bond motifs is 1. The van der Waals surface area contributed by atoms with Gasteiger partial charge in [0, 0.05) is 49.3 Å². The first-order valence-electron chi connectivity index (χ1n) is 12.5. The second-order valence-electron chi connectivity index (χ2n) is 9.75. The molecule has 8 heteroatoms. The van der Waals surface area contributed by atoms with E-state index < -0.39 is 0 Å². The Bertz CT molecular complexity index is 1340. The van der Waals surface area contributed by atoms with Crippen LogP contribution in [0.4, 0.5) is 5.82 Å². The van der Waals surface area contributed by atoms with Crippen molar-refractivity contribution < 1.29 is 9.53 Å². The normalized spacial score (nSPS) is 16.8. The van der Waals surface area contributed by atoms with Gasteiger partial charge in [0.1, 0.15) is 17.6 Å². The second kappa shape index (κ2) is 9.91. The molecular weight excluding hydrogens is 452 g/mol. The van der Waals surface area contributed by atoms with Crippen molar-refractivity contribution in [1.82, 2.24) is 19.9 Å². The zero-order valence-electron chi connectivity index (χ0n) is 20.5. The number of carbonyl (C=O) groups excluding carboxylic acids is 1. The number of hydrogen-bond donors (Lipinski definition) is 1. The predicted octanol–water partition coefficient (Wildman–Crippen LogP) is 3.80. The van der Waals surface area contributed by atoms with Crippen molar-refractivity contribution in [3.63, 3.8) is 0 Å². The molecule has 2 fully saturated rings. The predicted molar refractivity (Wildman–Crippen MR) is 137 cm³/mol. The zero-order chi connectivity index (χ0) is 25.1. The SMILES string of the molecule is C#CCC1(CNC(=O)C2CCN(c3ccc(-c4cc(OCC)cn5ncc(C#N)c45)cn3)CC2)CC1. The molecule has 3 aromatic rings. The molecule has 1 N–H and O–H groups in total. The minimum atomic E-state index is 0.0306. The van der Waals surface area contributed by atoms with Crippen LogP contribution in [0.15, 0.2) is 36.8 Å². The van der Waals surface area contributed by atoms with Gasteiger partial charge in [-0.05, 0) is 56.2 Å². The summed E-state index contributed by atoms with van der Waals surface area (Å²) in [5.41, 5.74) is 3.12. The van der Waals surface area contributed by atoms with E-state index in [1.807, 2.05) is 31.3 Å². The van der Waals surface area contributed by atoms with Gasteiger partial charge in [-0.2, -0.15) is 10.4 Å². The van der Waals surface area contributed by atoms with E-state index in [0.29, 0.717) is 24.5 Å². The Balaban J connectivity index is 1.25. The summed E-state index contributed by atoms with van der Waals surface area (Å²) in [6, 6.07) is 8.16. The van der Waals surface area contributed by atoms with E-state index in [0.717, 1.165) is 67.7 Å². The number of piperidine rings is 1. The quantitative estimate of drug-likeness (QED) is 0.491. The highest BCUT2D eigenvalue weighted by Gasteiger charge is 2.42. The van der Waals surface area contributed by atoms with Gasteiger partial charge in [-0.25, -0.2) is 9.50 Å². The molecule has 2 aliphatic rings. The molecule has 3 aromatic heterocycles. The summed E-state index contributed by atoms with van der Waals surface area (Å²) < 4.78 is 7.39. The molecule has 4 heterocycles. The van der Waals surface area contributed by atoms with Gasteiger partial charge < -0.3 is 15.0 Å². The lowest BCUT2D eigenvalue weighted by Crippen LogP contribution is -2.42. The molecule has 1 saturated carbocycles. The molecule has 1 amide bonds. The molecule has 0 unspecified atom stereocenters. The number of rotatable bonds is 8. The van der Waals surface area contributed by atoms with Crippen molar-refractivity contribution in [3.8, 4) is 35.3 Å². The first-order chi connectivity index (χ1) is 17.6. The summed E-state index contributed by atoms with van der Waals surface area (Å²) >= 11 is 0. The van der Waals surface area contributed by atoms with E-state index in [4.69, 9.17) is 16.1 Å². The van der Waals surface area contributed by atoms with Crippen LogP contribution in [0, 0.1) is 35.0 Å². The number of anilines is 1. The van der Waals surface area contributed by atoms with Gasteiger partial charge in [-0.15, -0.1) is 12.3 Å². The van der Waals surface area contributed by atoms with Gasteiger partial charge in [0.25, 0.3) is 0 Å². The maximum atomic E-state index is 12.7. The smallest absolute Gasteiger partial charge is 0.223 e. The average Bonchev–Trinajstić information content (AvgIpc) is 3.55. The molecule has 1 saturated heterocycles. The third-order valence-corrected chi connectivity index (χ3v) is 7.34. The second-order valence-corrected chi connectivity index (χ2v) is 9.75. The van der Waals surface area contributed by atoms with E-state index in [-0.39, 0.29) is 17.2 Å². The van der Waals surface area contributed by atoms with Crippen LogP contribution >= 0.6 is 0 Å². The number of nitrogens with zero attached hydrogens (tertiary/aromatic N) is 5. The van der Waals surface area contributed by atoms with Crippen LogP contribution in [-0.4, -0.2) is 46.7 Å². The Morgan fingerprint density at radius 3 is 2.75 bits per heavy atom. The van der Waals surface area contributed by atoms with Crippen molar-refractivity contribution in [2.75, 3.05) is 31.1 Å². The van der Waals surface area contributed by atoms with Crippen LogP contribution in [0.25, 0.3) is 16.6 Å². The highest BCUT2D eigenvalue weighted by Crippen LogP contribution is 2.47. The van der Waals surface area contributed by atoms with Crippen LogP contribution in [0.2, 0.25) is 0 Å². The fourth-order valence-electron chi connectivity index (χ4n) is 4.98. The van der Waals surface area contributed by atoms with Crippen molar-refractivity contribution in [2.45, 2.75) is 39.0 Å². The Labute approximate surface area is 211 Å². The van der Waals surface area contributed by atoms with Crippen LogP contribution in [0.3, 0.4) is 0 Å². The molecule has 0 spiro atoms. The molecule has 1 aliphatic carbocycles. The monoisotopic (exact) mass is 482 g/mol. The minimum Gasteiger partial charge on any atom is -0.492 e. The summed E-state index contributed by atoms with van der Waals surface area (Å²) in [5, 5.41) is 17.0. The van der Waals surface area contributed by atoms with Crippen molar-refractivity contribution >= 4 is 17.2 Å². The number of carbonyl (C=O) groups is 1. The van der Waals surface area contributed by atoms with Gasteiger partial charge in [0.05, 0.1) is 30.1 Å². The number of aromatic nitrogens is 3. The van der Waals surface area contributed by atoms with E-state index in [1.54, 1.807) is 16.9 Å². The molecule has 8 nitrogen and oxygen atoms in total. The topological polar surface area (TPSA) is 95.5 Å². The maximum absolute atomic E-state index is 12.7. The first-order valence-corrected chi connectivity index (χ1v) is 12.5. The Kier molecular flexibility index (Phi) is 6.52. The summed E-state index contributed by atoms with van der Waals surface area (Å²) in [6.45, 7) is 4.73. The van der Waals surface area contributed by atoms with E-state index >= 15 is 0 Å². The lowest BCUT2D eigenvalue weighted by molar-refractivity contribution is -0.125. The molecule has 0 radical (unpaired) electrons. The lowest BCUT2D eigenvalue weighted by Gasteiger charge is -2.32. The molecule has 0 atom stereocenters. The Morgan fingerprint density at radius 2 is 2.11 bits per heavy atom. The van der Waals surface area contributed by atoms with Crippen LogP contribution in [0.5, 0.6) is 5.75 Å². The molecular formula is C28H30N6O2. The Hall–Kier alpha value is -4.04. The number of nitriles is 1. The zero-order valence-corrected chi connectivity index (χ0v) is 20.5. The van der Waals surface area contributed by atoms with E-state index in [9.17, 15) is 10.1 Å².